The average molecular weight is 457 g/mol. The van der Waals surface area contributed by atoms with Crippen LogP contribution in [0.1, 0.15) is 30.3 Å². The van der Waals surface area contributed by atoms with Crippen LogP contribution in [0, 0.1) is 24.6 Å². The predicted molar refractivity (Wildman–Crippen MR) is 130 cm³/mol. The number of likely N-dealkylation sites (tertiary alicyclic amines) is 1. The molecule has 3 heterocycles. The van der Waals surface area contributed by atoms with Crippen molar-refractivity contribution >= 4 is 11.0 Å². The third-order valence-corrected chi connectivity index (χ3v) is 7.47. The second-order valence-corrected chi connectivity index (χ2v) is 9.72. The largest absolute Gasteiger partial charge is 0.472 e. The van der Waals surface area contributed by atoms with E-state index >= 15 is 0 Å². The van der Waals surface area contributed by atoms with E-state index in [1.807, 2.05) is 30.3 Å². The number of benzene rings is 2. The third-order valence-electron chi connectivity index (χ3n) is 7.47. The summed E-state index contributed by atoms with van der Waals surface area (Å²) >= 11 is 0. The highest BCUT2D eigenvalue weighted by atomic mass is 19.1. The molecule has 2 fully saturated rings. The molecule has 5 nitrogen and oxygen atoms in total. The Hall–Kier alpha value is -3.25. The van der Waals surface area contributed by atoms with Crippen LogP contribution in [0.2, 0.25) is 0 Å². The summed E-state index contributed by atoms with van der Waals surface area (Å²) < 4.78 is 22.6. The summed E-state index contributed by atoms with van der Waals surface area (Å²) in [4.78, 5) is 11.8. The molecule has 0 bridgehead atoms. The first kappa shape index (κ1) is 21.3. The highest BCUT2D eigenvalue weighted by molar-refractivity contribution is 5.76. The average Bonchev–Trinajstić information content (AvgIpc) is 3.37. The molecule has 2 aliphatic rings. The Bertz CT molecular complexity index is 1290. The molecular weight excluding hydrogens is 427 g/mol. The summed E-state index contributed by atoms with van der Waals surface area (Å²) in [6, 6.07) is 21.3. The summed E-state index contributed by atoms with van der Waals surface area (Å²) in [6.07, 6.45) is 3.80. The molecule has 0 unspecified atom stereocenters. The van der Waals surface area contributed by atoms with E-state index in [1.165, 1.54) is 6.07 Å². The highest BCUT2D eigenvalue weighted by Crippen LogP contribution is 2.44. The zero-order chi connectivity index (χ0) is 23.1. The number of fused-ring (bicyclic) bond motifs is 2. The van der Waals surface area contributed by atoms with Crippen molar-refractivity contribution in [3.05, 3.63) is 90.1 Å². The molecule has 0 radical (unpaired) electrons. The number of hydrogen-bond acceptors (Lipinski definition) is 4. The number of aromatic nitrogens is 3. The van der Waals surface area contributed by atoms with Gasteiger partial charge in [-0.25, -0.2) is 14.4 Å². The zero-order valence-electron chi connectivity index (χ0n) is 19.3. The standard InChI is InChI=1S/C28H29FN4O/c1-19-31-24-9-2-3-10-25(24)33(19)26-14-21-17-32(16-20-7-6-8-23(29)13-20)18-22(21)15-27(26)34-28-11-4-5-12-30-28/h2-13,21-22,26-27H,14-18H2,1H3/t21-,22+,26-,27-/m0/s1. The minimum atomic E-state index is -0.166. The lowest BCUT2D eigenvalue weighted by molar-refractivity contribution is 0.0522. The molecule has 1 aliphatic heterocycles. The van der Waals surface area contributed by atoms with Crippen molar-refractivity contribution in [3.8, 4) is 5.88 Å². The van der Waals surface area contributed by atoms with E-state index in [2.05, 4.69) is 39.6 Å². The topological polar surface area (TPSA) is 43.2 Å². The monoisotopic (exact) mass is 456 g/mol. The molecule has 0 N–H and O–H groups in total. The number of aryl methyl sites for hydroxylation is 1. The predicted octanol–water partition coefficient (Wildman–Crippen LogP) is 5.41. The van der Waals surface area contributed by atoms with Crippen molar-refractivity contribution in [2.45, 2.75) is 38.5 Å². The Morgan fingerprint density at radius 1 is 0.971 bits per heavy atom. The van der Waals surface area contributed by atoms with Crippen LogP contribution in [0.3, 0.4) is 0 Å². The first-order valence-corrected chi connectivity index (χ1v) is 12.1. The zero-order valence-corrected chi connectivity index (χ0v) is 19.3. The van der Waals surface area contributed by atoms with Crippen LogP contribution in [0.5, 0.6) is 5.88 Å². The van der Waals surface area contributed by atoms with E-state index in [-0.39, 0.29) is 18.0 Å². The van der Waals surface area contributed by atoms with Crippen LogP contribution in [-0.4, -0.2) is 38.6 Å². The molecule has 6 rings (SSSR count). The molecule has 4 atom stereocenters. The van der Waals surface area contributed by atoms with Gasteiger partial charge in [0, 0.05) is 31.9 Å². The quantitative estimate of drug-likeness (QED) is 0.403. The van der Waals surface area contributed by atoms with Gasteiger partial charge in [-0.3, -0.25) is 4.90 Å². The van der Waals surface area contributed by atoms with Gasteiger partial charge in [-0.1, -0.05) is 30.3 Å². The third kappa shape index (κ3) is 4.07. The second kappa shape index (κ2) is 8.84. The van der Waals surface area contributed by atoms with Crippen LogP contribution in [-0.2, 0) is 6.54 Å². The minimum absolute atomic E-state index is 0.0153. The molecule has 0 amide bonds. The van der Waals surface area contributed by atoms with Gasteiger partial charge in [0.15, 0.2) is 0 Å². The Kier molecular flexibility index (Phi) is 5.53. The molecule has 1 aliphatic carbocycles. The lowest BCUT2D eigenvalue weighted by atomic mass is 9.77. The van der Waals surface area contributed by atoms with Gasteiger partial charge in [-0.15, -0.1) is 0 Å². The van der Waals surface area contributed by atoms with Gasteiger partial charge >= 0.3 is 0 Å². The van der Waals surface area contributed by atoms with Gasteiger partial charge in [-0.05, 0) is 67.5 Å². The van der Waals surface area contributed by atoms with Crippen LogP contribution in [0.4, 0.5) is 4.39 Å². The Morgan fingerprint density at radius 3 is 2.62 bits per heavy atom. The summed E-state index contributed by atoms with van der Waals surface area (Å²) in [6.45, 7) is 4.92. The smallest absolute Gasteiger partial charge is 0.213 e. The number of imidazole rings is 1. The molecule has 6 heteroatoms. The van der Waals surface area contributed by atoms with Crippen molar-refractivity contribution in [1.82, 2.24) is 19.4 Å². The molecule has 34 heavy (non-hydrogen) atoms. The van der Waals surface area contributed by atoms with Gasteiger partial charge < -0.3 is 9.30 Å². The number of nitrogens with zero attached hydrogens (tertiary/aromatic N) is 4. The normalized spacial score (nSPS) is 24.9. The molecule has 1 saturated heterocycles. The number of para-hydroxylation sites is 2. The van der Waals surface area contributed by atoms with Gasteiger partial charge in [-0.2, -0.15) is 0 Å². The van der Waals surface area contributed by atoms with E-state index in [1.54, 1.807) is 18.3 Å². The van der Waals surface area contributed by atoms with Crippen LogP contribution < -0.4 is 4.74 Å². The van der Waals surface area contributed by atoms with Crippen LogP contribution in [0.15, 0.2) is 72.9 Å². The van der Waals surface area contributed by atoms with E-state index in [0.717, 1.165) is 54.9 Å². The number of pyridine rings is 1. The maximum atomic E-state index is 13.7. The summed E-state index contributed by atoms with van der Waals surface area (Å²) in [5, 5.41) is 0. The minimum Gasteiger partial charge on any atom is -0.472 e. The lowest BCUT2D eigenvalue weighted by Gasteiger charge is -2.39. The van der Waals surface area contributed by atoms with Gasteiger partial charge in [0.2, 0.25) is 5.88 Å². The molecule has 2 aromatic heterocycles. The second-order valence-electron chi connectivity index (χ2n) is 9.72. The number of rotatable bonds is 5. The van der Waals surface area contributed by atoms with E-state index in [9.17, 15) is 4.39 Å². The summed E-state index contributed by atoms with van der Waals surface area (Å²) in [5.74, 6) is 2.65. The van der Waals surface area contributed by atoms with Crippen LogP contribution >= 0.6 is 0 Å². The van der Waals surface area contributed by atoms with Crippen molar-refractivity contribution in [3.63, 3.8) is 0 Å². The van der Waals surface area contributed by atoms with Gasteiger partial charge in [0.1, 0.15) is 17.7 Å². The van der Waals surface area contributed by atoms with E-state index in [0.29, 0.717) is 17.7 Å². The molecule has 0 spiro atoms. The molecule has 1 saturated carbocycles. The molecule has 174 valence electrons. The van der Waals surface area contributed by atoms with Crippen molar-refractivity contribution < 1.29 is 9.13 Å². The van der Waals surface area contributed by atoms with E-state index < -0.39 is 0 Å². The first-order valence-electron chi connectivity index (χ1n) is 12.1. The Balaban J connectivity index is 1.30. The van der Waals surface area contributed by atoms with Crippen molar-refractivity contribution in [2.75, 3.05) is 13.1 Å². The Morgan fingerprint density at radius 2 is 1.79 bits per heavy atom. The van der Waals surface area contributed by atoms with Crippen molar-refractivity contribution in [1.29, 1.82) is 0 Å². The lowest BCUT2D eigenvalue weighted by Crippen LogP contribution is -2.40. The van der Waals surface area contributed by atoms with Crippen molar-refractivity contribution in [2.24, 2.45) is 11.8 Å². The van der Waals surface area contributed by atoms with Gasteiger partial charge in [0.05, 0.1) is 17.1 Å². The SMILES string of the molecule is Cc1nc2ccccc2n1[C@H]1C[C@H]2CN(Cc3cccc(F)c3)C[C@H]2C[C@@H]1Oc1ccccn1. The maximum Gasteiger partial charge on any atom is 0.213 e. The molecule has 4 aromatic rings. The fraction of sp³-hybridized carbons (Fsp3) is 0.357. The molecular formula is C28H29FN4O. The number of ether oxygens (including phenoxy) is 1. The number of halogens is 1. The Labute approximate surface area is 199 Å². The summed E-state index contributed by atoms with van der Waals surface area (Å²) in [5.41, 5.74) is 3.22. The fourth-order valence-electron chi connectivity index (χ4n) is 6.06. The molecule has 2 aromatic carbocycles. The highest BCUT2D eigenvalue weighted by Gasteiger charge is 2.44. The number of hydrogen-bond donors (Lipinski definition) is 0. The van der Waals surface area contributed by atoms with E-state index in [4.69, 9.17) is 9.72 Å². The first-order chi connectivity index (χ1) is 16.6. The fourth-order valence-corrected chi connectivity index (χ4v) is 6.06. The maximum absolute atomic E-state index is 13.7. The van der Waals surface area contributed by atoms with Crippen LogP contribution in [0.25, 0.3) is 11.0 Å². The summed E-state index contributed by atoms with van der Waals surface area (Å²) in [7, 11) is 0. The van der Waals surface area contributed by atoms with Gasteiger partial charge in [0.25, 0.3) is 0 Å².